The van der Waals surface area contributed by atoms with Crippen LogP contribution in [-0.4, -0.2) is 28.4 Å². The first kappa shape index (κ1) is 25.1. The number of Topliss-reactive ketones (excluding diaryl/α,β-unsaturated/α-hetero) is 3. The predicted molar refractivity (Wildman–Crippen MR) is 130 cm³/mol. The highest BCUT2D eigenvalue weighted by Gasteiger charge is 2.61. The van der Waals surface area contributed by atoms with E-state index in [0.717, 1.165) is 36.0 Å². The molecule has 4 aliphatic rings. The molecule has 0 radical (unpaired) electrons. The number of allylic oxidation sites excluding steroid dienone is 2. The van der Waals surface area contributed by atoms with Crippen LogP contribution in [0.15, 0.2) is 23.3 Å². The summed E-state index contributed by atoms with van der Waals surface area (Å²) in [6.45, 7) is 14.2. The van der Waals surface area contributed by atoms with Gasteiger partial charge in [-0.15, -0.1) is 0 Å². The molecule has 0 aromatic carbocycles. The Labute approximate surface area is 203 Å². The SMILES string of the molecule is C=C(CC[C@@H](C)[C@@H]1CC[C@H]2C3=C(C(=O)C[C@@]21C)[C@@]1(C)CCC(=O)[C@@H](C)[C@H]1CC3=O)[C@@H](C)C(=O)O. The molecule has 4 rings (SSSR count). The summed E-state index contributed by atoms with van der Waals surface area (Å²) < 4.78 is 0. The lowest BCUT2D eigenvalue weighted by Gasteiger charge is -2.53. The summed E-state index contributed by atoms with van der Waals surface area (Å²) in [5, 5.41) is 9.27. The van der Waals surface area contributed by atoms with E-state index in [1.807, 2.05) is 6.92 Å². The van der Waals surface area contributed by atoms with Gasteiger partial charge in [0.05, 0.1) is 5.92 Å². The third-order valence-electron chi connectivity index (χ3n) is 10.5. The Morgan fingerprint density at radius 1 is 1.15 bits per heavy atom. The standard InChI is InChI=1S/C29H40O5/c1-15(17(3)27(33)34)7-8-16(2)19-9-10-20-25-23(31)13-21-18(4)22(30)11-12-28(21,5)26(25)24(32)14-29(19,20)6/h16-21H,1,7-14H2,2-6H3,(H,33,34)/t16-,17-,18+,19+,20+,21-,28+,29-/m1/s1. The average Bonchev–Trinajstić information content (AvgIpc) is 3.11. The van der Waals surface area contributed by atoms with E-state index in [2.05, 4.69) is 27.4 Å². The molecule has 186 valence electrons. The first-order chi connectivity index (χ1) is 15.8. The van der Waals surface area contributed by atoms with Gasteiger partial charge >= 0.3 is 5.97 Å². The van der Waals surface area contributed by atoms with Crippen molar-refractivity contribution >= 4 is 23.3 Å². The van der Waals surface area contributed by atoms with Crippen molar-refractivity contribution in [2.45, 2.75) is 86.0 Å². The monoisotopic (exact) mass is 468 g/mol. The molecule has 0 unspecified atom stereocenters. The van der Waals surface area contributed by atoms with Gasteiger partial charge in [0.25, 0.3) is 0 Å². The van der Waals surface area contributed by atoms with Gasteiger partial charge in [-0.05, 0) is 68.1 Å². The molecular weight excluding hydrogens is 428 g/mol. The summed E-state index contributed by atoms with van der Waals surface area (Å²) in [6, 6.07) is 0. The second-order valence-corrected chi connectivity index (χ2v) is 12.3. The summed E-state index contributed by atoms with van der Waals surface area (Å²) in [7, 11) is 0. The smallest absolute Gasteiger partial charge is 0.310 e. The molecule has 0 saturated heterocycles. The van der Waals surface area contributed by atoms with E-state index in [1.165, 1.54) is 0 Å². The fraction of sp³-hybridized carbons (Fsp3) is 0.724. The number of carboxylic acid groups (broad SMARTS) is 1. The van der Waals surface area contributed by atoms with E-state index in [1.54, 1.807) is 6.92 Å². The molecule has 5 nitrogen and oxygen atoms in total. The van der Waals surface area contributed by atoms with Crippen LogP contribution in [0.3, 0.4) is 0 Å². The van der Waals surface area contributed by atoms with E-state index >= 15 is 0 Å². The molecule has 0 aromatic heterocycles. The van der Waals surface area contributed by atoms with Crippen molar-refractivity contribution in [3.63, 3.8) is 0 Å². The highest BCUT2D eigenvalue weighted by molar-refractivity contribution is 6.11. The molecule has 4 aliphatic carbocycles. The minimum absolute atomic E-state index is 0.0633. The number of carbonyl (C=O) groups is 4. The zero-order valence-corrected chi connectivity index (χ0v) is 21.4. The molecule has 0 aliphatic heterocycles. The van der Waals surface area contributed by atoms with Crippen LogP contribution in [-0.2, 0) is 19.2 Å². The normalized spacial score (nSPS) is 39.3. The van der Waals surface area contributed by atoms with Gasteiger partial charge in [0.2, 0.25) is 0 Å². The number of fused-ring (bicyclic) bond motifs is 4. The lowest BCUT2D eigenvalue weighted by Crippen LogP contribution is -2.53. The topological polar surface area (TPSA) is 88.5 Å². The third-order valence-corrected chi connectivity index (χ3v) is 10.5. The van der Waals surface area contributed by atoms with E-state index in [4.69, 9.17) is 0 Å². The Morgan fingerprint density at radius 3 is 2.47 bits per heavy atom. The minimum atomic E-state index is -0.843. The first-order valence-electron chi connectivity index (χ1n) is 13.1. The molecule has 34 heavy (non-hydrogen) atoms. The number of rotatable bonds is 6. The lowest BCUT2D eigenvalue weighted by molar-refractivity contribution is -0.140. The molecule has 1 N–H and O–H groups in total. The Kier molecular flexibility index (Phi) is 6.31. The number of carboxylic acids is 1. The summed E-state index contributed by atoms with van der Waals surface area (Å²) in [4.78, 5) is 51.1. The average molecular weight is 469 g/mol. The molecule has 5 heteroatoms. The molecule has 2 saturated carbocycles. The zero-order valence-electron chi connectivity index (χ0n) is 21.4. The van der Waals surface area contributed by atoms with Gasteiger partial charge < -0.3 is 5.11 Å². The van der Waals surface area contributed by atoms with Gasteiger partial charge in [0, 0.05) is 41.7 Å². The van der Waals surface area contributed by atoms with Crippen LogP contribution in [0.25, 0.3) is 0 Å². The van der Waals surface area contributed by atoms with Crippen molar-refractivity contribution in [3.8, 4) is 0 Å². The molecule has 8 atom stereocenters. The van der Waals surface area contributed by atoms with Crippen LogP contribution in [0, 0.1) is 46.3 Å². The molecule has 0 spiro atoms. The molecule has 2 fully saturated rings. The highest BCUT2D eigenvalue weighted by atomic mass is 16.4. The quantitative estimate of drug-likeness (QED) is 0.514. The highest BCUT2D eigenvalue weighted by Crippen LogP contribution is 2.64. The van der Waals surface area contributed by atoms with E-state index in [-0.39, 0.29) is 45.9 Å². The number of hydrogen-bond acceptors (Lipinski definition) is 4. The second kappa shape index (κ2) is 8.57. The first-order valence-corrected chi connectivity index (χ1v) is 13.1. The van der Waals surface area contributed by atoms with E-state index < -0.39 is 11.9 Å². The van der Waals surface area contributed by atoms with Crippen molar-refractivity contribution in [1.82, 2.24) is 0 Å². The van der Waals surface area contributed by atoms with Crippen molar-refractivity contribution in [2.24, 2.45) is 46.3 Å². The van der Waals surface area contributed by atoms with E-state index in [0.29, 0.717) is 43.9 Å². The molecule has 0 bridgehead atoms. The maximum absolute atomic E-state index is 13.8. The fourth-order valence-electron chi connectivity index (χ4n) is 8.25. The van der Waals surface area contributed by atoms with E-state index in [9.17, 15) is 24.3 Å². The van der Waals surface area contributed by atoms with Gasteiger partial charge in [0.1, 0.15) is 5.78 Å². The van der Waals surface area contributed by atoms with Crippen LogP contribution < -0.4 is 0 Å². The molecule has 0 heterocycles. The van der Waals surface area contributed by atoms with Crippen molar-refractivity contribution in [3.05, 3.63) is 23.3 Å². The molecular formula is C29H40O5. The Hall–Kier alpha value is -2.04. The maximum Gasteiger partial charge on any atom is 0.310 e. The number of carbonyl (C=O) groups excluding carboxylic acids is 3. The Balaban J connectivity index is 1.61. The van der Waals surface area contributed by atoms with Crippen molar-refractivity contribution in [2.75, 3.05) is 0 Å². The Bertz CT molecular complexity index is 988. The van der Waals surface area contributed by atoms with Gasteiger partial charge in [0.15, 0.2) is 11.6 Å². The van der Waals surface area contributed by atoms with Gasteiger partial charge in [-0.1, -0.05) is 39.8 Å². The van der Waals surface area contributed by atoms with Crippen LogP contribution in [0.1, 0.15) is 86.0 Å². The van der Waals surface area contributed by atoms with Gasteiger partial charge in [-0.25, -0.2) is 0 Å². The second-order valence-electron chi connectivity index (χ2n) is 12.3. The predicted octanol–water partition coefficient (Wildman–Crippen LogP) is 5.58. The summed E-state index contributed by atoms with van der Waals surface area (Å²) in [6.07, 6.45) is 5.43. The number of ketones is 3. The maximum atomic E-state index is 13.8. The number of hydrogen-bond donors (Lipinski definition) is 1. The summed E-state index contributed by atoms with van der Waals surface area (Å²) >= 11 is 0. The van der Waals surface area contributed by atoms with Gasteiger partial charge in [-0.2, -0.15) is 0 Å². The largest absolute Gasteiger partial charge is 0.481 e. The minimum Gasteiger partial charge on any atom is -0.481 e. The van der Waals surface area contributed by atoms with Crippen LogP contribution >= 0.6 is 0 Å². The molecule has 0 amide bonds. The van der Waals surface area contributed by atoms with Crippen molar-refractivity contribution < 1.29 is 24.3 Å². The Morgan fingerprint density at radius 2 is 1.82 bits per heavy atom. The summed E-state index contributed by atoms with van der Waals surface area (Å²) in [5.41, 5.74) is 1.70. The lowest BCUT2D eigenvalue weighted by atomic mass is 9.48. The third kappa shape index (κ3) is 3.65. The van der Waals surface area contributed by atoms with Crippen LogP contribution in [0.5, 0.6) is 0 Å². The van der Waals surface area contributed by atoms with Crippen molar-refractivity contribution in [1.29, 1.82) is 0 Å². The zero-order chi connectivity index (χ0) is 25.2. The van der Waals surface area contributed by atoms with Crippen LogP contribution in [0.2, 0.25) is 0 Å². The number of aliphatic carboxylic acids is 1. The fourth-order valence-corrected chi connectivity index (χ4v) is 8.25. The van der Waals surface area contributed by atoms with Gasteiger partial charge in [-0.3, -0.25) is 19.2 Å². The van der Waals surface area contributed by atoms with Crippen LogP contribution in [0.4, 0.5) is 0 Å². The molecule has 0 aromatic rings. The summed E-state index contributed by atoms with van der Waals surface area (Å²) in [5.74, 6) is -0.453.